The van der Waals surface area contributed by atoms with Crippen molar-refractivity contribution in [1.82, 2.24) is 10.9 Å². The molecule has 0 aliphatic rings. The molecule has 0 radical (unpaired) electrons. The number of carboxylic acid groups (broad SMARTS) is 1. The summed E-state index contributed by atoms with van der Waals surface area (Å²) in [6.45, 7) is 0. The molecule has 0 atom stereocenters. The van der Waals surface area contributed by atoms with Crippen LogP contribution in [0.25, 0.3) is 0 Å². The first-order valence-electron chi connectivity index (χ1n) is 5.98. The predicted octanol–water partition coefficient (Wildman–Crippen LogP) is 0.711. The van der Waals surface area contributed by atoms with E-state index in [2.05, 4.69) is 10.9 Å². The van der Waals surface area contributed by atoms with Gasteiger partial charge in [-0.3, -0.25) is 25.2 Å². The van der Waals surface area contributed by atoms with E-state index in [0.29, 0.717) is 11.3 Å². The smallest absolute Gasteiger partial charge is 0.303 e. The van der Waals surface area contributed by atoms with E-state index in [1.807, 2.05) is 0 Å². The van der Waals surface area contributed by atoms with Gasteiger partial charge in [0.05, 0.1) is 12.7 Å². The molecule has 7 heteroatoms. The van der Waals surface area contributed by atoms with Crippen LogP contribution in [0.2, 0.25) is 0 Å². The highest BCUT2D eigenvalue weighted by Gasteiger charge is 2.12. The van der Waals surface area contributed by atoms with Crippen molar-refractivity contribution in [3.8, 4) is 5.75 Å². The summed E-state index contributed by atoms with van der Waals surface area (Å²) >= 11 is 0. The maximum Gasteiger partial charge on any atom is 0.303 e. The Morgan fingerprint density at radius 3 is 2.50 bits per heavy atom. The average Bonchev–Trinajstić information content (AvgIpc) is 2.44. The van der Waals surface area contributed by atoms with Crippen LogP contribution in [0.4, 0.5) is 0 Å². The summed E-state index contributed by atoms with van der Waals surface area (Å²) in [6.07, 6.45) is 0.151. The van der Waals surface area contributed by atoms with Gasteiger partial charge in [-0.25, -0.2) is 0 Å². The minimum atomic E-state index is -0.962. The first-order valence-corrected chi connectivity index (χ1v) is 5.98. The fraction of sp³-hybridized carbons (Fsp3) is 0.308. The lowest BCUT2D eigenvalue weighted by Crippen LogP contribution is -2.41. The second-order valence-corrected chi connectivity index (χ2v) is 3.95. The van der Waals surface area contributed by atoms with Crippen molar-refractivity contribution in [3.05, 3.63) is 29.8 Å². The van der Waals surface area contributed by atoms with E-state index in [-0.39, 0.29) is 19.3 Å². The number of aliphatic carboxylic acids is 1. The Hall–Kier alpha value is -2.57. The highest BCUT2D eigenvalue weighted by molar-refractivity contribution is 5.97. The van der Waals surface area contributed by atoms with E-state index in [0.717, 1.165) is 0 Å². The highest BCUT2D eigenvalue weighted by atomic mass is 16.5. The van der Waals surface area contributed by atoms with Gasteiger partial charge in [0.2, 0.25) is 5.91 Å². The zero-order valence-corrected chi connectivity index (χ0v) is 11.0. The summed E-state index contributed by atoms with van der Waals surface area (Å²) in [6, 6.07) is 6.58. The second-order valence-electron chi connectivity index (χ2n) is 3.95. The van der Waals surface area contributed by atoms with E-state index in [1.165, 1.54) is 7.11 Å². The highest BCUT2D eigenvalue weighted by Crippen LogP contribution is 2.16. The molecule has 0 unspecified atom stereocenters. The zero-order chi connectivity index (χ0) is 15.0. The van der Waals surface area contributed by atoms with E-state index >= 15 is 0 Å². The van der Waals surface area contributed by atoms with Crippen LogP contribution in [0, 0.1) is 0 Å². The first kappa shape index (κ1) is 15.5. The second kappa shape index (κ2) is 7.78. The van der Waals surface area contributed by atoms with Crippen molar-refractivity contribution in [3.63, 3.8) is 0 Å². The molecule has 108 valence electrons. The quantitative estimate of drug-likeness (QED) is 0.666. The monoisotopic (exact) mass is 280 g/mol. The van der Waals surface area contributed by atoms with Crippen LogP contribution in [0.15, 0.2) is 24.3 Å². The Balaban J connectivity index is 2.43. The van der Waals surface area contributed by atoms with Crippen molar-refractivity contribution in [2.75, 3.05) is 7.11 Å². The molecule has 0 aromatic heterocycles. The van der Waals surface area contributed by atoms with Crippen LogP contribution in [0.3, 0.4) is 0 Å². The van der Waals surface area contributed by atoms with Gasteiger partial charge in [-0.2, -0.15) is 0 Å². The van der Waals surface area contributed by atoms with Gasteiger partial charge in [0, 0.05) is 12.8 Å². The number of carboxylic acids is 1. The van der Waals surface area contributed by atoms with E-state index in [1.54, 1.807) is 24.3 Å². The molecular weight excluding hydrogens is 264 g/mol. The number of methoxy groups -OCH3 is 1. The minimum Gasteiger partial charge on any atom is -0.496 e. The van der Waals surface area contributed by atoms with Crippen molar-refractivity contribution < 1.29 is 24.2 Å². The molecule has 0 aliphatic carbocycles. The molecule has 0 fully saturated rings. The van der Waals surface area contributed by atoms with E-state index < -0.39 is 17.8 Å². The van der Waals surface area contributed by atoms with E-state index in [9.17, 15) is 14.4 Å². The van der Waals surface area contributed by atoms with Crippen LogP contribution in [-0.2, 0) is 9.59 Å². The van der Waals surface area contributed by atoms with Crippen molar-refractivity contribution >= 4 is 17.8 Å². The van der Waals surface area contributed by atoms with Crippen LogP contribution in [0.1, 0.15) is 29.6 Å². The largest absolute Gasteiger partial charge is 0.496 e. The average molecular weight is 280 g/mol. The Bertz CT molecular complexity index is 501. The van der Waals surface area contributed by atoms with Gasteiger partial charge >= 0.3 is 5.97 Å². The molecule has 7 nitrogen and oxygen atoms in total. The number of hydrogen-bond donors (Lipinski definition) is 3. The maximum atomic E-state index is 11.8. The standard InChI is InChI=1S/C13H16N2O5/c1-20-10-6-3-2-5-9(10)13(19)15-14-11(16)7-4-8-12(17)18/h2-3,5-6H,4,7-8H2,1H3,(H,14,16)(H,15,19)(H,17,18). The molecule has 0 saturated carbocycles. The van der Waals surface area contributed by atoms with Gasteiger partial charge in [0.1, 0.15) is 5.75 Å². The van der Waals surface area contributed by atoms with E-state index in [4.69, 9.17) is 9.84 Å². The lowest BCUT2D eigenvalue weighted by atomic mass is 10.2. The molecule has 1 rings (SSSR count). The number of rotatable bonds is 6. The maximum absolute atomic E-state index is 11.8. The van der Waals surface area contributed by atoms with Gasteiger partial charge in [0.25, 0.3) is 5.91 Å². The summed E-state index contributed by atoms with van der Waals surface area (Å²) in [7, 11) is 1.44. The van der Waals surface area contributed by atoms with Crippen LogP contribution >= 0.6 is 0 Å². The Kier molecular flexibility index (Phi) is 6.02. The molecule has 0 saturated heterocycles. The number of hydrazine groups is 1. The number of para-hydroxylation sites is 1. The third-order valence-electron chi connectivity index (χ3n) is 2.46. The van der Waals surface area contributed by atoms with Crippen molar-refractivity contribution in [2.45, 2.75) is 19.3 Å². The molecule has 2 amide bonds. The molecule has 0 spiro atoms. The third-order valence-corrected chi connectivity index (χ3v) is 2.46. The van der Waals surface area contributed by atoms with Gasteiger partial charge in [0.15, 0.2) is 0 Å². The summed E-state index contributed by atoms with van der Waals surface area (Å²) < 4.78 is 5.03. The summed E-state index contributed by atoms with van der Waals surface area (Å²) in [4.78, 5) is 33.5. The number of ether oxygens (including phenoxy) is 1. The SMILES string of the molecule is COc1ccccc1C(=O)NNC(=O)CCCC(=O)O. The van der Waals surface area contributed by atoms with Crippen molar-refractivity contribution in [1.29, 1.82) is 0 Å². The molecule has 0 aliphatic heterocycles. The zero-order valence-electron chi connectivity index (χ0n) is 11.0. The number of amides is 2. The molecule has 20 heavy (non-hydrogen) atoms. The number of benzene rings is 1. The number of nitrogens with one attached hydrogen (secondary N) is 2. The fourth-order valence-electron chi connectivity index (χ4n) is 1.49. The molecule has 0 heterocycles. The topological polar surface area (TPSA) is 105 Å². The van der Waals surface area contributed by atoms with Gasteiger partial charge < -0.3 is 9.84 Å². The van der Waals surface area contributed by atoms with Crippen molar-refractivity contribution in [2.24, 2.45) is 0 Å². The number of carbonyl (C=O) groups is 3. The Labute approximate surface area is 115 Å². The molecular formula is C13H16N2O5. The minimum absolute atomic E-state index is 0.0263. The van der Waals surface area contributed by atoms with Gasteiger partial charge in [-0.05, 0) is 18.6 Å². The number of hydrogen-bond acceptors (Lipinski definition) is 4. The summed E-state index contributed by atoms with van der Waals surface area (Å²) in [5.41, 5.74) is 4.76. The third kappa shape index (κ3) is 4.97. The molecule has 1 aromatic carbocycles. The Morgan fingerprint density at radius 1 is 1.15 bits per heavy atom. The first-order chi connectivity index (χ1) is 9.54. The van der Waals surface area contributed by atoms with Crippen LogP contribution < -0.4 is 15.6 Å². The van der Waals surface area contributed by atoms with Crippen LogP contribution in [0.5, 0.6) is 5.75 Å². The van der Waals surface area contributed by atoms with Crippen LogP contribution in [-0.4, -0.2) is 30.0 Å². The lowest BCUT2D eigenvalue weighted by molar-refractivity contribution is -0.137. The molecule has 0 bridgehead atoms. The molecule has 3 N–H and O–H groups in total. The molecule has 1 aromatic rings. The summed E-state index contributed by atoms with van der Waals surface area (Å²) in [5, 5.41) is 8.44. The lowest BCUT2D eigenvalue weighted by Gasteiger charge is -2.09. The number of carbonyl (C=O) groups excluding carboxylic acids is 2. The summed E-state index contributed by atoms with van der Waals surface area (Å²) in [5.74, 6) is -1.52. The normalized spacial score (nSPS) is 9.65. The predicted molar refractivity (Wildman–Crippen MR) is 70.1 cm³/mol. The van der Waals surface area contributed by atoms with Gasteiger partial charge in [-0.15, -0.1) is 0 Å². The Morgan fingerprint density at radius 2 is 1.85 bits per heavy atom. The van der Waals surface area contributed by atoms with Gasteiger partial charge in [-0.1, -0.05) is 12.1 Å². The fourth-order valence-corrected chi connectivity index (χ4v) is 1.49.